The van der Waals surface area contributed by atoms with Gasteiger partial charge >= 0.3 is 0 Å². The Bertz CT molecular complexity index is 576. The standard InChI is InChI=1S/C13H14N4OS/c14-7-11-9(16)17-13(18-5-6-19-13)12(11,8-15)10(11)3-1-2-4-10/h1-6H2,(H2,16,17)/t11-,12+,13+/m0/s1. The van der Waals surface area contributed by atoms with Gasteiger partial charge in [0, 0.05) is 11.2 Å². The van der Waals surface area contributed by atoms with Crippen molar-refractivity contribution in [2.75, 3.05) is 12.4 Å². The summed E-state index contributed by atoms with van der Waals surface area (Å²) in [5.74, 6) is 1.13. The first-order chi connectivity index (χ1) is 9.16. The molecule has 0 unspecified atom stereocenters. The molecule has 0 amide bonds. The second-order valence-electron chi connectivity index (χ2n) is 5.79. The summed E-state index contributed by atoms with van der Waals surface area (Å²) >= 11 is 1.54. The Morgan fingerprint density at radius 2 is 2.00 bits per heavy atom. The van der Waals surface area contributed by atoms with Crippen molar-refractivity contribution in [2.45, 2.75) is 30.7 Å². The van der Waals surface area contributed by atoms with Crippen LogP contribution in [0.5, 0.6) is 0 Å². The first-order valence-corrected chi connectivity index (χ1v) is 7.61. The van der Waals surface area contributed by atoms with E-state index in [0.29, 0.717) is 12.4 Å². The summed E-state index contributed by atoms with van der Waals surface area (Å²) in [6, 6.07) is 4.81. The molecule has 6 heteroatoms. The fraction of sp³-hybridized carbons (Fsp3) is 0.769. The molecule has 0 aromatic carbocycles. The summed E-state index contributed by atoms with van der Waals surface area (Å²) in [5, 5.41) is 18.8. The van der Waals surface area contributed by atoms with Crippen LogP contribution in [0.1, 0.15) is 25.7 Å². The molecule has 5 nitrogen and oxygen atoms in total. The second kappa shape index (κ2) is 3.08. The number of fused-ring (bicyclic) bond motifs is 4. The number of aliphatic imine (C=N–C) groups is 1. The van der Waals surface area contributed by atoms with Crippen molar-refractivity contribution in [1.82, 2.24) is 0 Å². The number of nitrogens with zero attached hydrogens (tertiary/aromatic N) is 3. The maximum atomic E-state index is 9.91. The Labute approximate surface area is 115 Å². The van der Waals surface area contributed by atoms with Crippen molar-refractivity contribution in [1.29, 1.82) is 10.5 Å². The molecule has 0 radical (unpaired) electrons. The molecule has 3 atom stereocenters. The fourth-order valence-corrected chi connectivity index (χ4v) is 6.30. The highest BCUT2D eigenvalue weighted by atomic mass is 32.2. The first-order valence-electron chi connectivity index (χ1n) is 6.63. The van der Waals surface area contributed by atoms with Gasteiger partial charge in [-0.25, -0.2) is 4.99 Å². The van der Waals surface area contributed by atoms with Crippen molar-refractivity contribution in [3.8, 4) is 12.1 Å². The Morgan fingerprint density at radius 3 is 2.53 bits per heavy atom. The normalized spacial score (nSPS) is 48.8. The third kappa shape index (κ3) is 0.795. The van der Waals surface area contributed by atoms with Gasteiger partial charge in [0.1, 0.15) is 11.3 Å². The average Bonchev–Trinajstić information content (AvgIpc) is 2.89. The van der Waals surface area contributed by atoms with Gasteiger partial charge in [-0.15, -0.1) is 0 Å². The van der Waals surface area contributed by atoms with Crippen LogP contribution in [0.3, 0.4) is 0 Å². The van der Waals surface area contributed by atoms with Gasteiger partial charge in [-0.1, -0.05) is 24.6 Å². The summed E-state index contributed by atoms with van der Waals surface area (Å²) in [7, 11) is 0. The molecule has 0 bridgehead atoms. The summed E-state index contributed by atoms with van der Waals surface area (Å²) in [4.78, 5) is 4.45. The maximum absolute atomic E-state index is 9.91. The van der Waals surface area contributed by atoms with E-state index in [1.807, 2.05) is 0 Å². The van der Waals surface area contributed by atoms with Gasteiger partial charge in [-0.2, -0.15) is 10.5 Å². The zero-order chi connectivity index (χ0) is 13.4. The Kier molecular flexibility index (Phi) is 1.88. The molecule has 2 saturated carbocycles. The zero-order valence-electron chi connectivity index (χ0n) is 10.5. The molecule has 3 fully saturated rings. The predicted molar refractivity (Wildman–Crippen MR) is 69.8 cm³/mol. The number of nitrogens with two attached hydrogens (primary N) is 1. The number of nitriles is 2. The van der Waals surface area contributed by atoms with E-state index in [0.717, 1.165) is 31.4 Å². The lowest BCUT2D eigenvalue weighted by atomic mass is 9.89. The van der Waals surface area contributed by atoms with Crippen LogP contribution in [0.25, 0.3) is 0 Å². The van der Waals surface area contributed by atoms with Gasteiger partial charge in [0.15, 0.2) is 5.41 Å². The summed E-state index contributed by atoms with van der Waals surface area (Å²) in [6.45, 7) is 0.572. The lowest BCUT2D eigenvalue weighted by Gasteiger charge is -2.29. The van der Waals surface area contributed by atoms with Crippen molar-refractivity contribution >= 4 is 17.6 Å². The van der Waals surface area contributed by atoms with Crippen LogP contribution in [-0.2, 0) is 4.74 Å². The van der Waals surface area contributed by atoms with E-state index in [9.17, 15) is 10.5 Å². The second-order valence-corrected chi connectivity index (χ2v) is 7.04. The Balaban J connectivity index is 1.99. The molecule has 2 aliphatic heterocycles. The highest BCUT2D eigenvalue weighted by Gasteiger charge is 3.00. The van der Waals surface area contributed by atoms with Crippen LogP contribution in [0.4, 0.5) is 0 Å². The van der Waals surface area contributed by atoms with Gasteiger partial charge in [0.25, 0.3) is 0 Å². The van der Waals surface area contributed by atoms with E-state index in [1.165, 1.54) is 0 Å². The minimum Gasteiger partial charge on any atom is -0.386 e. The minimum atomic E-state index is -0.925. The van der Waals surface area contributed by atoms with Crippen molar-refractivity contribution in [3.05, 3.63) is 0 Å². The number of amidine groups is 1. The third-order valence-corrected chi connectivity index (χ3v) is 6.81. The summed E-state index contributed by atoms with van der Waals surface area (Å²) < 4.78 is 5.86. The van der Waals surface area contributed by atoms with Crippen LogP contribution >= 0.6 is 11.8 Å². The van der Waals surface area contributed by atoms with E-state index in [2.05, 4.69) is 17.1 Å². The number of thioether (sulfide) groups is 1. The molecule has 0 aromatic rings. The fourth-order valence-electron chi connectivity index (χ4n) is 4.92. The summed E-state index contributed by atoms with van der Waals surface area (Å²) in [5.41, 5.74) is 4.01. The molecule has 0 aromatic heterocycles. The number of hydrogen-bond acceptors (Lipinski definition) is 6. The van der Waals surface area contributed by atoms with Gasteiger partial charge in [0.05, 0.1) is 18.7 Å². The topological polar surface area (TPSA) is 95.2 Å². The van der Waals surface area contributed by atoms with Gasteiger partial charge in [-0.3, -0.25) is 0 Å². The third-order valence-electron chi connectivity index (χ3n) is 5.53. The smallest absolute Gasteiger partial charge is 0.230 e. The van der Waals surface area contributed by atoms with Crippen molar-refractivity contribution in [3.63, 3.8) is 0 Å². The summed E-state index contributed by atoms with van der Waals surface area (Å²) in [6.07, 6.45) is 3.88. The highest BCUT2D eigenvalue weighted by molar-refractivity contribution is 8.00. The minimum absolute atomic E-state index is 0.327. The SMILES string of the molecule is N#C[C@@]12C3(CCCC3)[C@]1(C#N)C(N)=N[C@@]21OCCS1. The first kappa shape index (κ1) is 11.6. The van der Waals surface area contributed by atoms with E-state index < -0.39 is 15.9 Å². The van der Waals surface area contributed by atoms with Crippen molar-refractivity contribution in [2.24, 2.45) is 27.0 Å². The largest absolute Gasteiger partial charge is 0.386 e. The quantitative estimate of drug-likeness (QED) is 0.719. The molecular formula is C13H14N4OS. The number of ether oxygens (including phenoxy) is 1. The Hall–Kier alpha value is -1.24. The van der Waals surface area contributed by atoms with Crippen molar-refractivity contribution < 1.29 is 4.74 Å². The number of hydrogen-bond donors (Lipinski definition) is 1. The molecule has 2 aliphatic carbocycles. The molecule has 19 heavy (non-hydrogen) atoms. The lowest BCUT2D eigenvalue weighted by Crippen LogP contribution is -2.36. The van der Waals surface area contributed by atoms with Crippen LogP contribution in [0.15, 0.2) is 4.99 Å². The van der Waals surface area contributed by atoms with E-state index in [4.69, 9.17) is 10.5 Å². The van der Waals surface area contributed by atoms with E-state index in [-0.39, 0.29) is 5.41 Å². The molecule has 2 heterocycles. The molecular weight excluding hydrogens is 260 g/mol. The predicted octanol–water partition coefficient (Wildman–Crippen LogP) is 1.37. The molecule has 2 N–H and O–H groups in total. The monoisotopic (exact) mass is 274 g/mol. The zero-order valence-corrected chi connectivity index (χ0v) is 11.3. The molecule has 4 aliphatic rings. The van der Waals surface area contributed by atoms with Gasteiger partial charge < -0.3 is 10.5 Å². The molecule has 1 saturated heterocycles. The Morgan fingerprint density at radius 1 is 1.26 bits per heavy atom. The van der Waals surface area contributed by atoms with Gasteiger partial charge in [0.2, 0.25) is 5.06 Å². The maximum Gasteiger partial charge on any atom is 0.230 e. The molecule has 98 valence electrons. The van der Waals surface area contributed by atoms with Crippen LogP contribution in [0, 0.1) is 38.9 Å². The average molecular weight is 274 g/mol. The number of rotatable bonds is 0. The molecule has 4 rings (SSSR count). The lowest BCUT2D eigenvalue weighted by molar-refractivity contribution is 0.00795. The van der Waals surface area contributed by atoms with Crippen LogP contribution in [0.2, 0.25) is 0 Å². The van der Waals surface area contributed by atoms with Gasteiger partial charge in [-0.05, 0) is 12.8 Å². The van der Waals surface area contributed by atoms with Crippen LogP contribution in [-0.4, -0.2) is 23.3 Å². The molecule has 2 spiro atoms. The van der Waals surface area contributed by atoms with Crippen LogP contribution < -0.4 is 5.73 Å². The van der Waals surface area contributed by atoms with E-state index >= 15 is 0 Å². The van der Waals surface area contributed by atoms with E-state index in [1.54, 1.807) is 11.8 Å². The highest BCUT2D eigenvalue weighted by Crippen LogP contribution is 2.91.